The van der Waals surface area contributed by atoms with Crippen molar-refractivity contribution in [2.24, 2.45) is 0 Å². The number of rotatable bonds is 2. The molecule has 0 aliphatic carbocycles. The number of carbonyl (C=O) groups is 2. The lowest BCUT2D eigenvalue weighted by molar-refractivity contribution is -0.131. The molecule has 28 heavy (non-hydrogen) atoms. The van der Waals surface area contributed by atoms with Crippen molar-refractivity contribution in [3.8, 4) is 28.7 Å². The zero-order valence-electron chi connectivity index (χ0n) is 15.0. The van der Waals surface area contributed by atoms with E-state index < -0.39 is 11.9 Å². The minimum absolute atomic E-state index is 0.0242. The number of carbonyl (C=O) groups excluding carboxylic acids is 2. The number of fused-ring (bicyclic) bond motifs is 2. The Bertz CT molecular complexity index is 1050. The highest BCUT2D eigenvalue weighted by Gasteiger charge is 2.35. The van der Waals surface area contributed by atoms with E-state index in [9.17, 15) is 9.59 Å². The number of benzene rings is 2. The molecule has 2 aromatic carbocycles. The van der Waals surface area contributed by atoms with Crippen LogP contribution in [0.3, 0.4) is 0 Å². The zero-order valence-corrected chi connectivity index (χ0v) is 18.0. The van der Waals surface area contributed by atoms with Crippen molar-refractivity contribution in [2.45, 2.75) is 20.8 Å². The molecule has 0 radical (unpaired) electrons. The molecule has 0 aromatic heterocycles. The summed E-state index contributed by atoms with van der Waals surface area (Å²) >= 11 is 25.2. The predicted molar refractivity (Wildman–Crippen MR) is 105 cm³/mol. The molecule has 2 aromatic rings. The number of ether oxygens (including phenoxy) is 4. The van der Waals surface area contributed by atoms with Gasteiger partial charge in [0, 0.05) is 12.5 Å². The summed E-state index contributed by atoms with van der Waals surface area (Å²) in [6.07, 6.45) is 0. The third-order valence-corrected chi connectivity index (χ3v) is 5.65. The fourth-order valence-electron chi connectivity index (χ4n) is 2.71. The Labute approximate surface area is 180 Å². The highest BCUT2D eigenvalue weighted by atomic mass is 35.5. The van der Waals surface area contributed by atoms with Crippen LogP contribution < -0.4 is 18.9 Å². The van der Waals surface area contributed by atoms with Gasteiger partial charge in [-0.25, -0.2) is 4.79 Å². The first-order chi connectivity index (χ1) is 13.1. The van der Waals surface area contributed by atoms with Gasteiger partial charge in [0.1, 0.15) is 15.6 Å². The summed E-state index contributed by atoms with van der Waals surface area (Å²) in [4.78, 5) is 24.2. The molecule has 0 fully saturated rings. The van der Waals surface area contributed by atoms with Crippen LogP contribution in [0.25, 0.3) is 0 Å². The van der Waals surface area contributed by atoms with Gasteiger partial charge < -0.3 is 18.9 Å². The number of esters is 2. The molecule has 3 rings (SSSR count). The van der Waals surface area contributed by atoms with E-state index in [-0.39, 0.29) is 60.0 Å². The van der Waals surface area contributed by atoms with Crippen LogP contribution in [0.4, 0.5) is 0 Å². The van der Waals surface area contributed by atoms with Gasteiger partial charge in [0.25, 0.3) is 0 Å². The van der Waals surface area contributed by atoms with Crippen molar-refractivity contribution in [3.63, 3.8) is 0 Å². The summed E-state index contributed by atoms with van der Waals surface area (Å²) in [6.45, 7) is 4.35. The van der Waals surface area contributed by atoms with Crippen molar-refractivity contribution in [3.05, 3.63) is 36.8 Å². The minimum atomic E-state index is -0.810. The van der Waals surface area contributed by atoms with Gasteiger partial charge in [-0.2, -0.15) is 0 Å². The lowest BCUT2D eigenvalue weighted by Crippen LogP contribution is -2.12. The van der Waals surface area contributed by atoms with Gasteiger partial charge in [0.15, 0.2) is 28.7 Å². The third kappa shape index (κ3) is 3.14. The van der Waals surface area contributed by atoms with Crippen molar-refractivity contribution in [1.82, 2.24) is 0 Å². The lowest BCUT2D eigenvalue weighted by Gasteiger charge is -2.17. The second kappa shape index (κ2) is 7.52. The van der Waals surface area contributed by atoms with Crippen LogP contribution in [0.1, 0.15) is 28.4 Å². The van der Waals surface area contributed by atoms with Crippen LogP contribution in [0, 0.1) is 13.8 Å². The number of hydrogen-bond donors (Lipinski definition) is 0. The maximum Gasteiger partial charge on any atom is 0.347 e. The number of methoxy groups -OCH3 is 1. The molecule has 1 heterocycles. The molecule has 0 atom stereocenters. The molecule has 0 spiro atoms. The third-order valence-electron chi connectivity index (χ3n) is 4.06. The molecule has 1 aliphatic heterocycles. The van der Waals surface area contributed by atoms with Crippen molar-refractivity contribution < 1.29 is 28.5 Å². The quantitative estimate of drug-likeness (QED) is 0.389. The molecule has 0 N–H and O–H groups in total. The second-order valence-corrected chi connectivity index (χ2v) is 7.33. The Morgan fingerprint density at radius 2 is 1.39 bits per heavy atom. The average molecular weight is 466 g/mol. The molecule has 0 unspecified atom stereocenters. The molecule has 0 bridgehead atoms. The Balaban J connectivity index is 2.35. The summed E-state index contributed by atoms with van der Waals surface area (Å²) in [5.74, 6) is -1.57. The van der Waals surface area contributed by atoms with Gasteiger partial charge in [-0.05, 0) is 19.4 Å². The van der Waals surface area contributed by atoms with Gasteiger partial charge >= 0.3 is 11.9 Å². The van der Waals surface area contributed by atoms with E-state index in [4.69, 9.17) is 65.4 Å². The maximum absolute atomic E-state index is 12.8. The molecule has 1 aliphatic rings. The monoisotopic (exact) mass is 464 g/mol. The SMILES string of the molecule is COc1c(Cl)c(C)c2c(c1Cl)OC(=O)c1c(C)c(Cl)c(OC(C)=O)c(Cl)c1O2. The fourth-order valence-corrected chi connectivity index (χ4v) is 3.86. The Kier molecular flexibility index (Phi) is 5.60. The average Bonchev–Trinajstić information content (AvgIpc) is 2.79. The first-order valence-corrected chi connectivity index (χ1v) is 9.26. The van der Waals surface area contributed by atoms with Crippen molar-refractivity contribution >= 4 is 58.3 Å². The van der Waals surface area contributed by atoms with Crippen LogP contribution in [0.5, 0.6) is 28.7 Å². The first-order valence-electron chi connectivity index (χ1n) is 7.75. The molecule has 0 saturated carbocycles. The Morgan fingerprint density at radius 3 is 1.96 bits per heavy atom. The van der Waals surface area contributed by atoms with Crippen LogP contribution in [-0.4, -0.2) is 19.0 Å². The maximum atomic E-state index is 12.8. The molecule has 10 heteroatoms. The number of halogens is 4. The first kappa shape index (κ1) is 20.9. The molecule has 0 amide bonds. The van der Waals surface area contributed by atoms with Crippen LogP contribution in [0.15, 0.2) is 0 Å². The van der Waals surface area contributed by atoms with Gasteiger partial charge in [-0.3, -0.25) is 4.79 Å². The van der Waals surface area contributed by atoms with E-state index in [0.29, 0.717) is 5.56 Å². The highest BCUT2D eigenvalue weighted by molar-refractivity contribution is 6.40. The Hall–Kier alpha value is -1.86. The van der Waals surface area contributed by atoms with Crippen LogP contribution >= 0.6 is 46.4 Å². The molecular weight excluding hydrogens is 454 g/mol. The van der Waals surface area contributed by atoms with Crippen molar-refractivity contribution in [1.29, 1.82) is 0 Å². The molecule has 6 nitrogen and oxygen atoms in total. The lowest BCUT2D eigenvalue weighted by atomic mass is 10.1. The summed E-state index contributed by atoms with van der Waals surface area (Å²) < 4.78 is 21.6. The van der Waals surface area contributed by atoms with E-state index >= 15 is 0 Å². The summed E-state index contributed by atoms with van der Waals surface area (Å²) in [5, 5.41) is -0.0703. The van der Waals surface area contributed by atoms with Crippen molar-refractivity contribution in [2.75, 3.05) is 7.11 Å². The minimum Gasteiger partial charge on any atom is -0.493 e. The van der Waals surface area contributed by atoms with E-state index in [0.717, 1.165) is 0 Å². The van der Waals surface area contributed by atoms with Gasteiger partial charge in [-0.1, -0.05) is 46.4 Å². The van der Waals surface area contributed by atoms with E-state index in [1.54, 1.807) is 6.92 Å². The number of hydrogen-bond acceptors (Lipinski definition) is 6. The van der Waals surface area contributed by atoms with Gasteiger partial charge in [0.2, 0.25) is 0 Å². The summed E-state index contributed by atoms with van der Waals surface area (Å²) in [7, 11) is 1.37. The zero-order chi connectivity index (χ0) is 20.9. The van der Waals surface area contributed by atoms with E-state index in [1.807, 2.05) is 0 Å². The summed E-state index contributed by atoms with van der Waals surface area (Å²) in [5.41, 5.74) is 0.617. The molecular formula is C18H12Cl4O6. The second-order valence-electron chi connectivity index (χ2n) is 5.82. The smallest absolute Gasteiger partial charge is 0.347 e. The molecule has 0 saturated heterocycles. The predicted octanol–water partition coefficient (Wildman–Crippen LogP) is 6.18. The van der Waals surface area contributed by atoms with Crippen LogP contribution in [0.2, 0.25) is 20.1 Å². The largest absolute Gasteiger partial charge is 0.493 e. The Morgan fingerprint density at radius 1 is 0.821 bits per heavy atom. The summed E-state index contributed by atoms with van der Waals surface area (Å²) in [6, 6.07) is 0. The standard InChI is InChI=1S/C18H12Cl4O6/c1-5-8-14(11(21)16(9(5)19)26-7(3)23)27-13-6(2)10(20)15(25-4)12(22)17(13)28-18(8)24/h1-4H3. The normalized spacial score (nSPS) is 12.4. The fraction of sp³-hybridized carbons (Fsp3) is 0.222. The molecule has 148 valence electrons. The van der Waals surface area contributed by atoms with E-state index in [1.165, 1.54) is 21.0 Å². The van der Waals surface area contributed by atoms with E-state index in [2.05, 4.69) is 0 Å². The van der Waals surface area contributed by atoms with Crippen LogP contribution in [-0.2, 0) is 4.79 Å². The topological polar surface area (TPSA) is 71.1 Å². The van der Waals surface area contributed by atoms with Gasteiger partial charge in [-0.15, -0.1) is 0 Å². The highest BCUT2D eigenvalue weighted by Crippen LogP contribution is 2.55. The van der Waals surface area contributed by atoms with Gasteiger partial charge in [0.05, 0.1) is 17.2 Å².